The molecule has 3 radical (unpaired) electrons. The van der Waals surface area contributed by atoms with Gasteiger partial charge in [0, 0.05) is 26.0 Å². The second-order valence-corrected chi connectivity index (χ2v) is 8.02. The van der Waals surface area contributed by atoms with E-state index in [1.807, 2.05) is 67.8 Å². The van der Waals surface area contributed by atoms with Crippen molar-refractivity contribution in [2.75, 3.05) is 39.8 Å². The average molecular weight is 467 g/mol. The van der Waals surface area contributed by atoms with Crippen LogP contribution in [0.25, 0.3) is 0 Å². The fourth-order valence-corrected chi connectivity index (χ4v) is 3.24. The number of hydrogen-bond donors (Lipinski definition) is 2. The zero-order chi connectivity index (χ0) is 20.4. The molecule has 0 saturated carbocycles. The van der Waals surface area contributed by atoms with Gasteiger partial charge < -0.3 is 14.9 Å². The van der Waals surface area contributed by atoms with Gasteiger partial charge in [-0.25, -0.2) is 0 Å². The number of hydrogen-bond acceptors (Lipinski definition) is 5. The van der Waals surface area contributed by atoms with Crippen LogP contribution in [0, 0.1) is 6.92 Å². The fourth-order valence-electron chi connectivity index (χ4n) is 2.83. The topological polar surface area (TPSA) is 52.9 Å². The van der Waals surface area contributed by atoms with E-state index in [1.54, 1.807) is 18.9 Å². The van der Waals surface area contributed by atoms with Gasteiger partial charge in [0.15, 0.2) is 0 Å². The highest BCUT2D eigenvalue weighted by Crippen LogP contribution is 2.33. The van der Waals surface area contributed by atoms with E-state index in [9.17, 15) is 5.11 Å². The summed E-state index contributed by atoms with van der Waals surface area (Å²) in [5.74, 6) is 0.766. The molecule has 1 atom stereocenters. The highest BCUT2D eigenvalue weighted by molar-refractivity contribution is 9.10. The van der Waals surface area contributed by atoms with Crippen LogP contribution in [0.2, 0.25) is 0 Å². The third kappa shape index (κ3) is 7.80. The van der Waals surface area contributed by atoms with Crippen molar-refractivity contribution < 1.29 is 14.9 Å². The highest BCUT2D eigenvalue weighted by atomic mass is 79.9. The Morgan fingerprint density at radius 3 is 2.39 bits per heavy atom. The summed E-state index contributed by atoms with van der Waals surface area (Å²) in [6.07, 6.45) is 3.35. The number of nitrogens with zero attached hydrogens (tertiary/aromatic N) is 1. The monoisotopic (exact) mass is 466 g/mol. The molecule has 28 heavy (non-hydrogen) atoms. The summed E-state index contributed by atoms with van der Waals surface area (Å²) < 4.78 is 6.33. The Morgan fingerprint density at radius 2 is 1.82 bits per heavy atom. The molecule has 0 bridgehead atoms. The van der Waals surface area contributed by atoms with Crippen molar-refractivity contribution in [3.8, 4) is 5.75 Å². The van der Waals surface area contributed by atoms with Gasteiger partial charge in [-0.3, -0.25) is 4.90 Å². The molecule has 0 fully saturated rings. The van der Waals surface area contributed by atoms with Crippen molar-refractivity contribution in [1.29, 1.82) is 0 Å². The maximum absolute atomic E-state index is 11.0. The Bertz CT molecular complexity index is 718. The first-order valence-corrected chi connectivity index (χ1v) is 11.1. The molecule has 2 N–H and O–H groups in total. The molecule has 153 valence electrons. The summed E-state index contributed by atoms with van der Waals surface area (Å²) in [6.45, 7) is 3.29. The first-order chi connectivity index (χ1) is 12.9. The van der Waals surface area contributed by atoms with Crippen molar-refractivity contribution in [3.05, 3.63) is 63.1 Å². The van der Waals surface area contributed by atoms with Crippen LogP contribution < -0.4 is 4.74 Å². The largest absolute Gasteiger partial charge is 0.496 e. The van der Waals surface area contributed by atoms with Gasteiger partial charge in [-0.2, -0.15) is 11.8 Å². The third-order valence-electron chi connectivity index (χ3n) is 4.16. The van der Waals surface area contributed by atoms with Crippen molar-refractivity contribution in [3.63, 3.8) is 0 Å². The molecule has 4 nitrogen and oxygen atoms in total. The summed E-state index contributed by atoms with van der Waals surface area (Å²) in [6, 6.07) is 11.6. The minimum absolute atomic E-state index is 0. The SMILES string of the molecule is COc1cccc(C(O)c2ccc(Br)cc2CN(C)CCO)c1C.CSC.[B]. The quantitative estimate of drug-likeness (QED) is 0.606. The number of likely N-dealkylation sites (N-methyl/N-ethyl adjacent to an activating group) is 1. The van der Waals surface area contributed by atoms with Gasteiger partial charge in [0.2, 0.25) is 0 Å². The third-order valence-corrected chi connectivity index (χ3v) is 4.66. The zero-order valence-corrected chi connectivity index (χ0v) is 19.7. The molecule has 0 saturated heterocycles. The molecular formula is C21H30BBrNO3S. The Balaban J connectivity index is 0.00000171. The van der Waals surface area contributed by atoms with E-state index in [-0.39, 0.29) is 15.0 Å². The van der Waals surface area contributed by atoms with E-state index < -0.39 is 6.10 Å². The number of thioether (sulfide) groups is 1. The lowest BCUT2D eigenvalue weighted by Gasteiger charge is -2.22. The van der Waals surface area contributed by atoms with E-state index in [4.69, 9.17) is 9.84 Å². The summed E-state index contributed by atoms with van der Waals surface area (Å²) in [5.41, 5.74) is 3.65. The van der Waals surface area contributed by atoms with Gasteiger partial charge in [-0.15, -0.1) is 0 Å². The molecule has 0 amide bonds. The van der Waals surface area contributed by atoms with Gasteiger partial charge in [0.25, 0.3) is 0 Å². The van der Waals surface area contributed by atoms with Crippen LogP contribution in [0.3, 0.4) is 0 Å². The first kappa shape index (κ1) is 27.0. The lowest BCUT2D eigenvalue weighted by molar-refractivity contribution is 0.206. The minimum Gasteiger partial charge on any atom is -0.496 e. The highest BCUT2D eigenvalue weighted by Gasteiger charge is 2.19. The van der Waals surface area contributed by atoms with Gasteiger partial charge in [-0.05, 0) is 66.9 Å². The van der Waals surface area contributed by atoms with E-state index in [2.05, 4.69) is 15.9 Å². The van der Waals surface area contributed by atoms with Crippen LogP contribution in [0.4, 0.5) is 0 Å². The molecule has 1 unspecified atom stereocenters. The van der Waals surface area contributed by atoms with Crippen molar-refractivity contribution in [1.82, 2.24) is 4.90 Å². The Morgan fingerprint density at radius 1 is 1.18 bits per heavy atom. The number of aliphatic hydroxyl groups is 2. The number of ether oxygens (including phenoxy) is 1. The molecule has 7 heteroatoms. The molecule has 2 rings (SSSR count). The van der Waals surface area contributed by atoms with Crippen LogP contribution in [0.15, 0.2) is 40.9 Å². The van der Waals surface area contributed by atoms with Crippen LogP contribution >= 0.6 is 27.7 Å². The Labute approximate surface area is 184 Å². The number of rotatable bonds is 7. The van der Waals surface area contributed by atoms with E-state index in [1.165, 1.54) is 0 Å². The number of halogens is 1. The van der Waals surface area contributed by atoms with Gasteiger partial charge in [-0.1, -0.05) is 34.1 Å². The van der Waals surface area contributed by atoms with Crippen molar-refractivity contribution >= 4 is 36.1 Å². The first-order valence-electron chi connectivity index (χ1n) is 8.68. The van der Waals surface area contributed by atoms with Gasteiger partial charge in [0.05, 0.1) is 13.7 Å². The van der Waals surface area contributed by atoms with Crippen LogP contribution in [0.5, 0.6) is 5.75 Å². The molecule has 2 aromatic rings. The van der Waals surface area contributed by atoms with Crippen LogP contribution in [-0.2, 0) is 6.54 Å². The molecular weight excluding hydrogens is 437 g/mol. The maximum atomic E-state index is 11.0. The molecule has 2 aromatic carbocycles. The smallest absolute Gasteiger partial charge is 0.122 e. The maximum Gasteiger partial charge on any atom is 0.122 e. The van der Waals surface area contributed by atoms with Gasteiger partial charge in [0.1, 0.15) is 11.9 Å². The second kappa shape index (κ2) is 14.1. The Kier molecular flexibility index (Phi) is 13.6. The standard InChI is InChI=1S/C19H24BrNO3.C2H6S.B/c1-13-16(5-4-6-18(13)24-3)19(23)17-8-7-15(20)11-14(17)12-21(2)9-10-22;1-3-2;/h4-8,11,19,22-23H,9-10,12H2,1-3H3;1-2H3;. The number of aliphatic hydroxyl groups excluding tert-OH is 2. The molecule has 0 aliphatic rings. The lowest BCUT2D eigenvalue weighted by atomic mass is 9.93. The predicted octanol–water partition coefficient (Wildman–Crippen LogP) is 3.87. The minimum atomic E-state index is -0.731. The molecule has 0 aliphatic carbocycles. The predicted molar refractivity (Wildman–Crippen MR) is 125 cm³/mol. The van der Waals surface area contributed by atoms with Crippen LogP contribution in [0.1, 0.15) is 28.4 Å². The average Bonchev–Trinajstić information content (AvgIpc) is 2.62. The molecule has 0 aliphatic heterocycles. The molecule has 0 heterocycles. The van der Waals surface area contributed by atoms with E-state index in [0.29, 0.717) is 13.1 Å². The fraction of sp³-hybridized carbons (Fsp3) is 0.429. The summed E-state index contributed by atoms with van der Waals surface area (Å²) >= 11 is 5.25. The van der Waals surface area contributed by atoms with E-state index >= 15 is 0 Å². The number of methoxy groups -OCH3 is 1. The summed E-state index contributed by atoms with van der Waals surface area (Å²) in [4.78, 5) is 2.02. The van der Waals surface area contributed by atoms with Crippen molar-refractivity contribution in [2.24, 2.45) is 0 Å². The molecule has 0 spiro atoms. The Hall–Kier alpha value is -0.985. The van der Waals surface area contributed by atoms with Crippen molar-refractivity contribution in [2.45, 2.75) is 19.6 Å². The normalized spacial score (nSPS) is 11.3. The lowest BCUT2D eigenvalue weighted by Crippen LogP contribution is -2.22. The van der Waals surface area contributed by atoms with E-state index in [0.717, 1.165) is 32.5 Å². The molecule has 0 aromatic heterocycles. The van der Waals surface area contributed by atoms with Crippen LogP contribution in [-0.4, -0.2) is 63.3 Å². The van der Waals surface area contributed by atoms with Gasteiger partial charge >= 0.3 is 0 Å². The summed E-state index contributed by atoms with van der Waals surface area (Å²) in [7, 11) is 3.58. The second-order valence-electron chi connectivity index (χ2n) is 6.29. The zero-order valence-electron chi connectivity index (χ0n) is 17.3. The summed E-state index contributed by atoms with van der Waals surface area (Å²) in [5, 5.41) is 20.1. The number of benzene rings is 2.